The summed E-state index contributed by atoms with van der Waals surface area (Å²) in [5, 5.41) is 3.49. The van der Waals surface area contributed by atoms with Crippen molar-refractivity contribution in [1.29, 1.82) is 0 Å². The van der Waals surface area contributed by atoms with Gasteiger partial charge in [0, 0.05) is 25.3 Å². The number of rotatable bonds is 10. The van der Waals surface area contributed by atoms with E-state index in [1.807, 2.05) is 0 Å². The number of hydrogen-bond donors (Lipinski definition) is 1. The molecule has 21 heavy (non-hydrogen) atoms. The third-order valence-corrected chi connectivity index (χ3v) is 3.98. The largest absolute Gasteiger partial charge is 0.357 e. The third-order valence-electron chi connectivity index (χ3n) is 3.98. The van der Waals surface area contributed by atoms with Crippen molar-refractivity contribution in [2.75, 3.05) is 24.5 Å². The van der Waals surface area contributed by atoms with Crippen LogP contribution in [0.15, 0.2) is 12.1 Å². The zero-order valence-electron chi connectivity index (χ0n) is 14.6. The van der Waals surface area contributed by atoms with E-state index in [4.69, 9.17) is 4.98 Å². The van der Waals surface area contributed by atoms with E-state index in [0.29, 0.717) is 5.92 Å². The van der Waals surface area contributed by atoms with Crippen LogP contribution in [0.1, 0.15) is 58.7 Å². The van der Waals surface area contributed by atoms with Crippen molar-refractivity contribution < 1.29 is 0 Å². The molecule has 0 fully saturated rings. The molecule has 0 aromatic carbocycles. The van der Waals surface area contributed by atoms with Gasteiger partial charge in [-0.1, -0.05) is 34.1 Å². The van der Waals surface area contributed by atoms with Crippen molar-refractivity contribution in [3.05, 3.63) is 23.4 Å². The number of nitrogens with one attached hydrogen (secondary N) is 1. The van der Waals surface area contributed by atoms with Gasteiger partial charge >= 0.3 is 0 Å². The van der Waals surface area contributed by atoms with E-state index in [9.17, 15) is 0 Å². The Morgan fingerprint density at radius 2 is 1.95 bits per heavy atom. The van der Waals surface area contributed by atoms with Crippen LogP contribution in [0, 0.1) is 5.92 Å². The van der Waals surface area contributed by atoms with Gasteiger partial charge in [0.2, 0.25) is 0 Å². The van der Waals surface area contributed by atoms with Crippen molar-refractivity contribution in [3.63, 3.8) is 0 Å². The maximum atomic E-state index is 4.84. The molecule has 3 heteroatoms. The van der Waals surface area contributed by atoms with E-state index in [2.05, 4.69) is 57.0 Å². The van der Waals surface area contributed by atoms with Crippen LogP contribution in [0.5, 0.6) is 0 Å². The van der Waals surface area contributed by atoms with Crippen LogP contribution in [0.2, 0.25) is 0 Å². The zero-order chi connectivity index (χ0) is 15.7. The van der Waals surface area contributed by atoms with Crippen LogP contribution in [-0.2, 0) is 13.0 Å². The predicted octanol–water partition coefficient (Wildman–Crippen LogP) is 4.02. The van der Waals surface area contributed by atoms with Crippen LogP contribution in [-0.4, -0.2) is 24.6 Å². The highest BCUT2D eigenvalue weighted by Gasteiger charge is 2.11. The molecule has 1 aromatic heterocycles. The molecule has 0 aliphatic carbocycles. The maximum Gasteiger partial charge on any atom is 0.129 e. The van der Waals surface area contributed by atoms with Crippen LogP contribution in [0.25, 0.3) is 0 Å². The van der Waals surface area contributed by atoms with Gasteiger partial charge in [0.1, 0.15) is 5.82 Å². The highest BCUT2D eigenvalue weighted by Crippen LogP contribution is 2.18. The lowest BCUT2D eigenvalue weighted by atomic mass is 10.1. The molecule has 3 nitrogen and oxygen atoms in total. The van der Waals surface area contributed by atoms with Gasteiger partial charge in [-0.2, -0.15) is 0 Å². The molecule has 0 aliphatic rings. The zero-order valence-corrected chi connectivity index (χ0v) is 14.6. The summed E-state index contributed by atoms with van der Waals surface area (Å²) >= 11 is 0. The quantitative estimate of drug-likeness (QED) is 0.660. The topological polar surface area (TPSA) is 28.2 Å². The Bertz CT molecular complexity index is 403. The second-order valence-electron chi connectivity index (χ2n) is 5.91. The van der Waals surface area contributed by atoms with Gasteiger partial charge in [-0.05, 0) is 49.9 Å². The summed E-state index contributed by atoms with van der Waals surface area (Å²) in [4.78, 5) is 7.25. The number of aryl methyl sites for hydroxylation is 1. The number of nitrogens with zero attached hydrogens (tertiary/aromatic N) is 2. The molecule has 0 aliphatic heterocycles. The Kier molecular flexibility index (Phi) is 8.36. The lowest BCUT2D eigenvalue weighted by molar-refractivity contribution is 0.545. The summed E-state index contributed by atoms with van der Waals surface area (Å²) in [5.41, 5.74) is 2.55. The molecule has 1 heterocycles. The summed E-state index contributed by atoms with van der Waals surface area (Å²) in [6, 6.07) is 4.50. The van der Waals surface area contributed by atoms with Gasteiger partial charge in [-0.15, -0.1) is 0 Å². The molecule has 0 saturated carbocycles. The molecule has 120 valence electrons. The second kappa shape index (κ2) is 9.78. The van der Waals surface area contributed by atoms with E-state index in [1.54, 1.807) is 0 Å². The van der Waals surface area contributed by atoms with E-state index in [1.165, 1.54) is 24.1 Å². The van der Waals surface area contributed by atoms with Crippen molar-refractivity contribution in [2.24, 2.45) is 5.92 Å². The van der Waals surface area contributed by atoms with Gasteiger partial charge < -0.3 is 10.2 Å². The average molecular weight is 291 g/mol. The first-order chi connectivity index (χ1) is 10.1. The van der Waals surface area contributed by atoms with Crippen LogP contribution in [0.3, 0.4) is 0 Å². The first kappa shape index (κ1) is 18.0. The molecule has 1 unspecified atom stereocenters. The minimum absolute atomic E-state index is 0.707. The molecule has 0 spiro atoms. The lowest BCUT2D eigenvalue weighted by Crippen LogP contribution is -2.29. The molecular formula is C18H33N3. The Balaban J connectivity index is 2.89. The Morgan fingerprint density at radius 1 is 1.19 bits per heavy atom. The van der Waals surface area contributed by atoms with Gasteiger partial charge in [0.15, 0.2) is 0 Å². The van der Waals surface area contributed by atoms with Crippen molar-refractivity contribution in [1.82, 2.24) is 10.3 Å². The summed E-state index contributed by atoms with van der Waals surface area (Å²) in [6.07, 6.45) is 3.39. The monoisotopic (exact) mass is 291 g/mol. The maximum absolute atomic E-state index is 4.84. The van der Waals surface area contributed by atoms with Gasteiger partial charge in [0.05, 0.1) is 0 Å². The smallest absolute Gasteiger partial charge is 0.129 e. The highest BCUT2D eigenvalue weighted by molar-refractivity contribution is 5.43. The standard InChI is InChI=1S/C18H33N3/c1-6-10-19-13-16-11-17(8-3)20-18(12-16)21(9-4)14-15(5)7-2/h11-12,15,19H,6-10,13-14H2,1-5H3. The molecular weight excluding hydrogens is 258 g/mol. The predicted molar refractivity (Wildman–Crippen MR) is 93.0 cm³/mol. The minimum Gasteiger partial charge on any atom is -0.357 e. The number of anilines is 1. The summed E-state index contributed by atoms with van der Waals surface area (Å²) in [7, 11) is 0. The number of pyridine rings is 1. The Morgan fingerprint density at radius 3 is 2.52 bits per heavy atom. The van der Waals surface area contributed by atoms with Crippen LogP contribution >= 0.6 is 0 Å². The normalized spacial score (nSPS) is 12.4. The lowest BCUT2D eigenvalue weighted by Gasteiger charge is -2.26. The van der Waals surface area contributed by atoms with Gasteiger partial charge in [-0.3, -0.25) is 0 Å². The Labute approximate surface area is 131 Å². The molecule has 0 saturated heterocycles. The van der Waals surface area contributed by atoms with Crippen LogP contribution < -0.4 is 10.2 Å². The van der Waals surface area contributed by atoms with Crippen molar-refractivity contribution in [2.45, 2.75) is 60.4 Å². The molecule has 0 amide bonds. The fourth-order valence-electron chi connectivity index (χ4n) is 2.38. The van der Waals surface area contributed by atoms with Gasteiger partial charge in [-0.25, -0.2) is 4.98 Å². The fraction of sp³-hybridized carbons (Fsp3) is 0.722. The van der Waals surface area contributed by atoms with E-state index in [-0.39, 0.29) is 0 Å². The van der Waals surface area contributed by atoms with E-state index >= 15 is 0 Å². The summed E-state index contributed by atoms with van der Waals surface area (Å²) in [6.45, 7) is 15.3. The molecule has 0 radical (unpaired) electrons. The molecule has 1 N–H and O–H groups in total. The molecule has 1 rings (SSSR count). The second-order valence-corrected chi connectivity index (χ2v) is 5.91. The summed E-state index contributed by atoms with van der Waals surface area (Å²) in [5.74, 6) is 1.85. The van der Waals surface area contributed by atoms with Crippen LogP contribution in [0.4, 0.5) is 5.82 Å². The fourth-order valence-corrected chi connectivity index (χ4v) is 2.38. The molecule has 1 atom stereocenters. The van der Waals surface area contributed by atoms with Gasteiger partial charge in [0.25, 0.3) is 0 Å². The highest BCUT2D eigenvalue weighted by atomic mass is 15.2. The average Bonchev–Trinajstić information content (AvgIpc) is 2.52. The van der Waals surface area contributed by atoms with E-state index in [0.717, 1.165) is 38.4 Å². The number of hydrogen-bond acceptors (Lipinski definition) is 3. The first-order valence-electron chi connectivity index (χ1n) is 8.59. The molecule has 1 aromatic rings. The minimum atomic E-state index is 0.707. The SMILES string of the molecule is CCCNCc1cc(CC)nc(N(CC)CC(C)CC)c1. The Hall–Kier alpha value is -1.09. The molecule has 0 bridgehead atoms. The van der Waals surface area contributed by atoms with Crippen molar-refractivity contribution >= 4 is 5.82 Å². The van der Waals surface area contributed by atoms with E-state index < -0.39 is 0 Å². The first-order valence-corrected chi connectivity index (χ1v) is 8.59. The third kappa shape index (κ3) is 6.04. The number of aromatic nitrogens is 1. The van der Waals surface area contributed by atoms with Crippen molar-refractivity contribution in [3.8, 4) is 0 Å². The summed E-state index contributed by atoms with van der Waals surface area (Å²) < 4.78 is 0.